The Kier molecular flexibility index (Phi) is 1.50. The van der Waals surface area contributed by atoms with Crippen LogP contribution in [-0.4, -0.2) is 21.8 Å². The molecule has 0 atom stereocenters. The lowest BCUT2D eigenvalue weighted by Crippen LogP contribution is -2.23. The van der Waals surface area contributed by atoms with Crippen LogP contribution in [0.2, 0.25) is 0 Å². The highest BCUT2D eigenvalue weighted by molar-refractivity contribution is 6.49. The number of allylic oxidation sites excluding steroid dienone is 2. The first-order valence-corrected chi connectivity index (χ1v) is 3.78. The number of nitrogens with one attached hydrogen (secondary N) is 1. The summed E-state index contributed by atoms with van der Waals surface area (Å²) in [6.45, 7) is 0. The van der Waals surface area contributed by atoms with Crippen LogP contribution in [0.3, 0.4) is 0 Å². The van der Waals surface area contributed by atoms with E-state index in [1.165, 1.54) is 6.20 Å². The van der Waals surface area contributed by atoms with E-state index in [2.05, 4.69) is 10.2 Å². The van der Waals surface area contributed by atoms with Crippen molar-refractivity contribution < 1.29 is 9.59 Å². The van der Waals surface area contributed by atoms with Crippen molar-refractivity contribution in [2.24, 2.45) is 5.73 Å². The van der Waals surface area contributed by atoms with Gasteiger partial charge in [0.2, 0.25) is 11.6 Å². The number of hydrogen-bond donors (Lipinski definition) is 2. The van der Waals surface area contributed by atoms with E-state index >= 15 is 0 Å². The Morgan fingerprint density at radius 3 is 2.77 bits per heavy atom. The zero-order chi connectivity index (χ0) is 9.59. The highest BCUT2D eigenvalue weighted by Crippen LogP contribution is 2.23. The van der Waals surface area contributed by atoms with Gasteiger partial charge in [0.1, 0.15) is 16.4 Å². The first-order valence-electron chi connectivity index (χ1n) is 3.41. The van der Waals surface area contributed by atoms with Crippen molar-refractivity contribution in [2.75, 3.05) is 0 Å². The molecule has 0 saturated carbocycles. The number of carbonyl (C=O) groups is 2. The van der Waals surface area contributed by atoms with Gasteiger partial charge in [0.15, 0.2) is 0 Å². The van der Waals surface area contributed by atoms with Gasteiger partial charge in [-0.25, -0.2) is 0 Å². The molecular weight excluding hydrogens is 194 g/mol. The maximum Gasteiger partial charge on any atom is 0.225 e. The van der Waals surface area contributed by atoms with Gasteiger partial charge in [-0.2, -0.15) is 5.10 Å². The highest BCUT2D eigenvalue weighted by atomic mass is 35.5. The van der Waals surface area contributed by atoms with Crippen LogP contribution < -0.4 is 5.73 Å². The maximum atomic E-state index is 11.4. The molecule has 6 heteroatoms. The number of nitrogens with zero attached hydrogens (tertiary/aromatic N) is 1. The van der Waals surface area contributed by atoms with Crippen molar-refractivity contribution in [3.8, 4) is 0 Å². The predicted molar refractivity (Wildman–Crippen MR) is 44.3 cm³/mol. The minimum atomic E-state index is -0.494. The number of fused-ring (bicyclic) bond motifs is 1. The van der Waals surface area contributed by atoms with Gasteiger partial charge in [0.25, 0.3) is 0 Å². The normalized spacial score (nSPS) is 16.4. The molecule has 0 fully saturated rings. The van der Waals surface area contributed by atoms with E-state index < -0.39 is 11.6 Å². The summed E-state index contributed by atoms with van der Waals surface area (Å²) in [6, 6.07) is 0. The first kappa shape index (κ1) is 8.00. The molecule has 0 spiro atoms. The molecule has 1 aromatic rings. The summed E-state index contributed by atoms with van der Waals surface area (Å²) in [4.78, 5) is 22.7. The molecule has 0 amide bonds. The highest BCUT2D eigenvalue weighted by Gasteiger charge is 2.31. The molecule has 0 aliphatic heterocycles. The molecular formula is C7H4ClN3O2. The van der Waals surface area contributed by atoms with E-state index in [1.807, 2.05) is 0 Å². The summed E-state index contributed by atoms with van der Waals surface area (Å²) in [6.07, 6.45) is 1.26. The number of carbonyl (C=O) groups excluding carboxylic acids is 2. The third-order valence-corrected chi connectivity index (χ3v) is 2.17. The van der Waals surface area contributed by atoms with Crippen molar-refractivity contribution in [1.29, 1.82) is 0 Å². The number of nitrogens with two attached hydrogens (primary N) is 1. The number of hydrogen-bond acceptors (Lipinski definition) is 4. The zero-order valence-electron chi connectivity index (χ0n) is 6.30. The average Bonchev–Trinajstić information content (AvgIpc) is 2.59. The van der Waals surface area contributed by atoms with E-state index in [1.54, 1.807) is 0 Å². The van der Waals surface area contributed by atoms with E-state index in [9.17, 15) is 9.59 Å². The standard InChI is InChI=1S/C7H4ClN3O2/c8-3-4(9)6(12)2-1-10-11-5(2)7(3)13/h1H,9H2,(H,10,11). The Morgan fingerprint density at radius 1 is 1.38 bits per heavy atom. The first-order chi connectivity index (χ1) is 6.13. The van der Waals surface area contributed by atoms with E-state index in [4.69, 9.17) is 17.3 Å². The lowest BCUT2D eigenvalue weighted by molar-refractivity contribution is 0.0977. The minimum absolute atomic E-state index is 0.101. The minimum Gasteiger partial charge on any atom is -0.394 e. The SMILES string of the molecule is NC1=C(Cl)C(=O)c2[nH]ncc2C1=O. The Bertz CT molecular complexity index is 408. The number of H-pyrrole nitrogens is 1. The van der Waals surface area contributed by atoms with Crippen molar-refractivity contribution in [3.63, 3.8) is 0 Å². The molecule has 0 saturated heterocycles. The number of halogens is 1. The number of aromatic amines is 1. The number of aromatic nitrogens is 2. The van der Waals surface area contributed by atoms with Gasteiger partial charge in [-0.3, -0.25) is 14.7 Å². The molecule has 66 valence electrons. The molecule has 0 radical (unpaired) electrons. The van der Waals surface area contributed by atoms with Crippen LogP contribution in [0.15, 0.2) is 16.9 Å². The lowest BCUT2D eigenvalue weighted by atomic mass is 10.00. The summed E-state index contributed by atoms with van der Waals surface area (Å²) < 4.78 is 0. The average molecular weight is 198 g/mol. The van der Waals surface area contributed by atoms with Crippen LogP contribution in [0.5, 0.6) is 0 Å². The Hall–Kier alpha value is -1.62. The second-order valence-electron chi connectivity index (χ2n) is 2.54. The second-order valence-corrected chi connectivity index (χ2v) is 2.92. The fourth-order valence-electron chi connectivity index (χ4n) is 1.11. The predicted octanol–water partition coefficient (Wildman–Crippen LogP) is 0.198. The van der Waals surface area contributed by atoms with Gasteiger partial charge in [-0.05, 0) is 0 Å². The topological polar surface area (TPSA) is 88.8 Å². The molecule has 3 N–H and O–H groups in total. The number of Topliss-reactive ketones (excluding diaryl/α,β-unsaturated/α-hetero) is 2. The molecule has 1 heterocycles. The van der Waals surface area contributed by atoms with Crippen LogP contribution in [0, 0.1) is 0 Å². The molecule has 1 aliphatic rings. The summed E-state index contributed by atoms with van der Waals surface area (Å²) in [5.74, 6) is -0.959. The fraction of sp³-hybridized carbons (Fsp3) is 0. The summed E-state index contributed by atoms with van der Waals surface area (Å²) in [5.41, 5.74) is 5.37. The van der Waals surface area contributed by atoms with E-state index in [-0.39, 0.29) is 22.0 Å². The summed E-state index contributed by atoms with van der Waals surface area (Å²) in [7, 11) is 0. The lowest BCUT2D eigenvalue weighted by Gasteiger charge is -2.09. The number of ketones is 2. The maximum absolute atomic E-state index is 11.4. The van der Waals surface area contributed by atoms with E-state index in [0.717, 1.165) is 0 Å². The van der Waals surface area contributed by atoms with Crippen LogP contribution in [0.4, 0.5) is 0 Å². The molecule has 0 unspecified atom stereocenters. The van der Waals surface area contributed by atoms with Crippen LogP contribution in [0.1, 0.15) is 20.8 Å². The van der Waals surface area contributed by atoms with Gasteiger partial charge in [-0.15, -0.1) is 0 Å². The Morgan fingerprint density at radius 2 is 2.08 bits per heavy atom. The fourth-order valence-corrected chi connectivity index (χ4v) is 1.29. The smallest absolute Gasteiger partial charge is 0.225 e. The third-order valence-electron chi connectivity index (χ3n) is 1.79. The Balaban J connectivity index is 2.71. The molecule has 0 aromatic carbocycles. The molecule has 5 nitrogen and oxygen atoms in total. The van der Waals surface area contributed by atoms with Gasteiger partial charge < -0.3 is 5.73 Å². The number of rotatable bonds is 0. The van der Waals surface area contributed by atoms with Crippen LogP contribution in [0.25, 0.3) is 0 Å². The van der Waals surface area contributed by atoms with Crippen LogP contribution >= 0.6 is 11.6 Å². The van der Waals surface area contributed by atoms with Crippen molar-refractivity contribution in [2.45, 2.75) is 0 Å². The molecule has 13 heavy (non-hydrogen) atoms. The van der Waals surface area contributed by atoms with Crippen molar-refractivity contribution in [3.05, 3.63) is 28.2 Å². The van der Waals surface area contributed by atoms with Crippen molar-refractivity contribution in [1.82, 2.24) is 10.2 Å². The van der Waals surface area contributed by atoms with Gasteiger partial charge >= 0.3 is 0 Å². The van der Waals surface area contributed by atoms with Gasteiger partial charge in [0.05, 0.1) is 11.8 Å². The molecule has 2 rings (SSSR count). The molecule has 1 aliphatic carbocycles. The quantitative estimate of drug-likeness (QED) is 0.622. The monoisotopic (exact) mass is 197 g/mol. The molecule has 1 aromatic heterocycles. The van der Waals surface area contributed by atoms with E-state index in [0.29, 0.717) is 0 Å². The summed E-state index contributed by atoms with van der Waals surface area (Å²) >= 11 is 5.53. The van der Waals surface area contributed by atoms with Crippen LogP contribution in [-0.2, 0) is 0 Å². The van der Waals surface area contributed by atoms with Crippen molar-refractivity contribution >= 4 is 23.2 Å². The largest absolute Gasteiger partial charge is 0.394 e. The van der Waals surface area contributed by atoms with Gasteiger partial charge in [-0.1, -0.05) is 11.6 Å². The van der Waals surface area contributed by atoms with Gasteiger partial charge in [0, 0.05) is 0 Å². The third kappa shape index (κ3) is 0.905. The zero-order valence-corrected chi connectivity index (χ0v) is 7.05. The molecule has 0 bridgehead atoms. The Labute approximate surface area is 77.6 Å². The second kappa shape index (κ2) is 2.43. The summed E-state index contributed by atoms with van der Waals surface area (Å²) in [5, 5.41) is 5.71.